The van der Waals surface area contributed by atoms with E-state index in [0.717, 1.165) is 4.31 Å². The Kier molecular flexibility index (Phi) is 5.74. The molecule has 0 bridgehead atoms. The molecule has 2 aromatic rings. The molecule has 1 aromatic carbocycles. The maximum absolute atomic E-state index is 13.2. The average Bonchev–Trinajstić information content (AvgIpc) is 3.35. The Bertz CT molecular complexity index is 1190. The summed E-state index contributed by atoms with van der Waals surface area (Å²) in [6.07, 6.45) is 2.89. The number of piperazine rings is 1. The molecular weight excluding hydrogens is 436 g/mol. The van der Waals surface area contributed by atoms with Gasteiger partial charge in [-0.2, -0.15) is 8.42 Å². The lowest BCUT2D eigenvalue weighted by Crippen LogP contribution is -2.52. The Morgan fingerprint density at radius 2 is 1.72 bits per heavy atom. The van der Waals surface area contributed by atoms with Crippen molar-refractivity contribution in [1.29, 1.82) is 0 Å². The van der Waals surface area contributed by atoms with Crippen molar-refractivity contribution in [2.24, 2.45) is 4.40 Å². The van der Waals surface area contributed by atoms with E-state index in [1.165, 1.54) is 31.4 Å². The Morgan fingerprint density at radius 3 is 2.34 bits per heavy atom. The first kappa shape index (κ1) is 21.6. The molecule has 1 fully saturated rings. The Labute approximate surface area is 185 Å². The average molecular weight is 458 g/mol. The standard InChI is InChI=1S/C21H22N4O6S/c1-23-18(14-17(22-32(23,28)29)15-5-3-6-16(13-15)30-2)20(26)24-8-10-25(11-9-24)21(27)19-7-4-12-31-19/h3-7,12-14H,8-11H2,1-2H3. The molecule has 10 nitrogen and oxygen atoms in total. The summed E-state index contributed by atoms with van der Waals surface area (Å²) in [4.78, 5) is 28.8. The number of benzene rings is 1. The Morgan fingerprint density at radius 1 is 1.03 bits per heavy atom. The van der Waals surface area contributed by atoms with Crippen molar-refractivity contribution in [1.82, 2.24) is 14.1 Å². The number of hydrogen-bond donors (Lipinski definition) is 0. The molecule has 3 heterocycles. The van der Waals surface area contributed by atoms with Crippen LogP contribution in [-0.4, -0.2) is 80.4 Å². The largest absolute Gasteiger partial charge is 0.497 e. The van der Waals surface area contributed by atoms with Crippen LogP contribution in [0.15, 0.2) is 63.2 Å². The van der Waals surface area contributed by atoms with Gasteiger partial charge in [0.1, 0.15) is 11.4 Å². The van der Waals surface area contributed by atoms with Crippen molar-refractivity contribution in [3.05, 3.63) is 65.8 Å². The number of carbonyl (C=O) groups excluding carboxylic acids is 2. The normalized spacial score (nSPS) is 18.1. The first-order valence-electron chi connectivity index (χ1n) is 9.87. The molecule has 0 spiro atoms. The maximum atomic E-state index is 13.2. The molecule has 32 heavy (non-hydrogen) atoms. The quantitative estimate of drug-likeness (QED) is 0.679. The molecule has 2 amide bonds. The Balaban J connectivity index is 1.54. The zero-order valence-electron chi connectivity index (χ0n) is 17.6. The lowest BCUT2D eigenvalue weighted by Gasteiger charge is -2.36. The van der Waals surface area contributed by atoms with Crippen LogP contribution in [-0.2, 0) is 15.0 Å². The Hall–Kier alpha value is -3.60. The second kappa shape index (κ2) is 8.50. The summed E-state index contributed by atoms with van der Waals surface area (Å²) in [6.45, 7) is 1.15. The van der Waals surface area contributed by atoms with Gasteiger partial charge >= 0.3 is 10.2 Å². The third-order valence-corrected chi connectivity index (χ3v) is 6.66. The predicted molar refractivity (Wildman–Crippen MR) is 115 cm³/mol. The molecule has 1 aromatic heterocycles. The molecule has 4 rings (SSSR count). The van der Waals surface area contributed by atoms with Gasteiger partial charge in [-0.05, 0) is 30.3 Å². The van der Waals surface area contributed by atoms with Gasteiger partial charge in [0.15, 0.2) is 5.76 Å². The minimum atomic E-state index is -4.08. The lowest BCUT2D eigenvalue weighted by atomic mass is 10.1. The second-order valence-electron chi connectivity index (χ2n) is 7.25. The van der Waals surface area contributed by atoms with Gasteiger partial charge in [0.05, 0.1) is 19.1 Å². The number of ether oxygens (including phenoxy) is 1. The molecule has 0 atom stereocenters. The third kappa shape index (κ3) is 4.11. The molecule has 0 unspecified atom stereocenters. The van der Waals surface area contributed by atoms with Crippen LogP contribution >= 0.6 is 0 Å². The number of methoxy groups -OCH3 is 1. The van der Waals surface area contributed by atoms with Crippen LogP contribution in [0.25, 0.3) is 0 Å². The van der Waals surface area contributed by atoms with E-state index >= 15 is 0 Å². The molecule has 0 aliphatic carbocycles. The maximum Gasteiger partial charge on any atom is 0.345 e. The summed E-state index contributed by atoms with van der Waals surface area (Å²) in [5.74, 6) is 0.0903. The van der Waals surface area contributed by atoms with Crippen LogP contribution in [0.1, 0.15) is 16.1 Å². The summed E-state index contributed by atoms with van der Waals surface area (Å²) >= 11 is 0. The minimum absolute atomic E-state index is 0.0105. The summed E-state index contributed by atoms with van der Waals surface area (Å²) in [5, 5.41) is 0. The fourth-order valence-electron chi connectivity index (χ4n) is 3.50. The molecular formula is C21H22N4O6S. The summed E-state index contributed by atoms with van der Waals surface area (Å²) < 4.78 is 40.3. The first-order valence-corrected chi connectivity index (χ1v) is 11.3. The monoisotopic (exact) mass is 458 g/mol. The number of likely N-dealkylation sites (N-methyl/N-ethyl adjacent to an activating group) is 1. The van der Waals surface area contributed by atoms with Crippen LogP contribution in [0.4, 0.5) is 0 Å². The summed E-state index contributed by atoms with van der Waals surface area (Å²) in [7, 11) is -1.28. The molecule has 0 saturated carbocycles. The SMILES string of the molecule is COc1cccc(C2=NS(=O)(=O)N(C)C(C(=O)N3CCN(C(=O)c4ccco4)CC3)=C2)c1. The smallest absolute Gasteiger partial charge is 0.345 e. The highest BCUT2D eigenvalue weighted by molar-refractivity contribution is 7.88. The molecule has 2 aliphatic rings. The molecule has 2 aliphatic heterocycles. The van der Waals surface area contributed by atoms with Gasteiger partial charge in [-0.25, -0.2) is 4.31 Å². The van der Waals surface area contributed by atoms with E-state index < -0.39 is 16.1 Å². The molecule has 1 saturated heterocycles. The highest BCUT2D eigenvalue weighted by Crippen LogP contribution is 2.23. The van der Waals surface area contributed by atoms with Crippen LogP contribution < -0.4 is 4.74 Å². The van der Waals surface area contributed by atoms with Gasteiger partial charge in [-0.15, -0.1) is 4.40 Å². The highest BCUT2D eigenvalue weighted by atomic mass is 32.2. The zero-order chi connectivity index (χ0) is 22.9. The van der Waals surface area contributed by atoms with Crippen molar-refractivity contribution >= 4 is 27.7 Å². The fraction of sp³-hybridized carbons (Fsp3) is 0.286. The molecule has 11 heteroatoms. The van der Waals surface area contributed by atoms with Crippen molar-refractivity contribution < 1.29 is 27.2 Å². The fourth-order valence-corrected chi connectivity index (χ4v) is 4.41. The highest BCUT2D eigenvalue weighted by Gasteiger charge is 2.34. The molecule has 168 valence electrons. The van der Waals surface area contributed by atoms with Crippen LogP contribution in [0.5, 0.6) is 5.75 Å². The topological polar surface area (TPSA) is 113 Å². The number of allylic oxidation sites excluding steroid dienone is 1. The zero-order valence-corrected chi connectivity index (χ0v) is 18.4. The number of carbonyl (C=O) groups is 2. The van der Waals surface area contributed by atoms with E-state index in [0.29, 0.717) is 24.4 Å². The van der Waals surface area contributed by atoms with E-state index in [9.17, 15) is 18.0 Å². The van der Waals surface area contributed by atoms with E-state index in [1.807, 2.05) is 0 Å². The van der Waals surface area contributed by atoms with E-state index in [4.69, 9.17) is 9.15 Å². The van der Waals surface area contributed by atoms with Crippen LogP contribution in [0.3, 0.4) is 0 Å². The van der Waals surface area contributed by atoms with Gasteiger partial charge in [0.2, 0.25) is 0 Å². The number of rotatable bonds is 4. The summed E-state index contributed by atoms with van der Waals surface area (Å²) in [5.41, 5.74) is 0.654. The van der Waals surface area contributed by atoms with Crippen molar-refractivity contribution in [3.63, 3.8) is 0 Å². The molecule has 0 N–H and O–H groups in total. The van der Waals surface area contributed by atoms with Crippen LogP contribution in [0, 0.1) is 0 Å². The second-order valence-corrected chi connectivity index (χ2v) is 8.87. The number of furan rings is 1. The van der Waals surface area contributed by atoms with Gasteiger partial charge in [0.25, 0.3) is 11.8 Å². The van der Waals surface area contributed by atoms with Gasteiger partial charge in [-0.1, -0.05) is 12.1 Å². The van der Waals surface area contributed by atoms with Crippen LogP contribution in [0.2, 0.25) is 0 Å². The van der Waals surface area contributed by atoms with Crippen molar-refractivity contribution in [3.8, 4) is 5.75 Å². The first-order chi connectivity index (χ1) is 15.3. The minimum Gasteiger partial charge on any atom is -0.497 e. The lowest BCUT2D eigenvalue weighted by molar-refractivity contribution is -0.129. The van der Waals surface area contributed by atoms with E-state index in [2.05, 4.69) is 4.40 Å². The van der Waals surface area contributed by atoms with Crippen molar-refractivity contribution in [2.45, 2.75) is 0 Å². The predicted octanol–water partition coefficient (Wildman–Crippen LogP) is 1.14. The third-order valence-electron chi connectivity index (χ3n) is 5.34. The molecule has 0 radical (unpaired) electrons. The van der Waals surface area contributed by atoms with Gasteiger partial charge in [0, 0.05) is 38.8 Å². The van der Waals surface area contributed by atoms with Crippen molar-refractivity contribution in [2.75, 3.05) is 40.3 Å². The van der Waals surface area contributed by atoms with Gasteiger partial charge < -0.3 is 19.0 Å². The summed E-state index contributed by atoms with van der Waals surface area (Å²) in [6, 6.07) is 10.0. The number of amides is 2. The number of hydrogen-bond acceptors (Lipinski definition) is 6. The van der Waals surface area contributed by atoms with E-state index in [-0.39, 0.29) is 36.2 Å². The number of nitrogens with zero attached hydrogens (tertiary/aromatic N) is 4. The van der Waals surface area contributed by atoms with E-state index in [1.54, 1.807) is 41.3 Å². The van der Waals surface area contributed by atoms with Gasteiger partial charge in [-0.3, -0.25) is 9.59 Å².